The molecule has 1 saturated heterocycles. The lowest BCUT2D eigenvalue weighted by Crippen LogP contribution is -2.36. The van der Waals surface area contributed by atoms with E-state index in [0.29, 0.717) is 6.61 Å². The van der Waals surface area contributed by atoms with E-state index >= 15 is 0 Å². The zero-order chi connectivity index (χ0) is 19.4. The molecule has 3 amide bonds. The van der Waals surface area contributed by atoms with E-state index < -0.39 is 0 Å². The third kappa shape index (κ3) is 4.31. The highest BCUT2D eigenvalue weighted by Crippen LogP contribution is 2.37. The summed E-state index contributed by atoms with van der Waals surface area (Å²) >= 11 is 0. The topological polar surface area (TPSA) is 75.7 Å². The summed E-state index contributed by atoms with van der Waals surface area (Å²) in [7, 11) is 0. The lowest BCUT2D eigenvalue weighted by Gasteiger charge is -2.19. The molecular formula is C21H28N2O4. The maximum absolute atomic E-state index is 12.5. The number of hydrogen-bond acceptors (Lipinski definition) is 4. The molecule has 1 heterocycles. The Labute approximate surface area is 160 Å². The zero-order valence-electron chi connectivity index (χ0n) is 16.1. The number of nitrogens with zero attached hydrogens (tertiary/aromatic N) is 1. The number of rotatable bonds is 7. The van der Waals surface area contributed by atoms with Gasteiger partial charge in [0.25, 0.3) is 0 Å². The molecule has 6 heteroatoms. The minimum absolute atomic E-state index is 0.0861. The molecule has 0 aromatic heterocycles. The molecule has 3 rings (SSSR count). The molecule has 2 fully saturated rings. The van der Waals surface area contributed by atoms with E-state index in [4.69, 9.17) is 4.74 Å². The second-order valence-electron chi connectivity index (χ2n) is 7.37. The van der Waals surface area contributed by atoms with Gasteiger partial charge in [-0.3, -0.25) is 19.3 Å². The number of imide groups is 1. The predicted octanol–water partition coefficient (Wildman–Crippen LogP) is 2.83. The fourth-order valence-electron chi connectivity index (χ4n) is 4.08. The molecule has 1 saturated carbocycles. The van der Waals surface area contributed by atoms with E-state index in [9.17, 15) is 14.4 Å². The third-order valence-electron chi connectivity index (χ3n) is 5.56. The first-order valence-corrected chi connectivity index (χ1v) is 9.88. The van der Waals surface area contributed by atoms with Crippen LogP contribution in [-0.4, -0.2) is 35.8 Å². The molecule has 0 bridgehead atoms. The van der Waals surface area contributed by atoms with Crippen molar-refractivity contribution in [3.63, 3.8) is 0 Å². The van der Waals surface area contributed by atoms with Gasteiger partial charge in [-0.1, -0.05) is 25.0 Å². The zero-order valence-corrected chi connectivity index (χ0v) is 16.1. The van der Waals surface area contributed by atoms with E-state index in [-0.39, 0.29) is 48.6 Å². The molecule has 0 radical (unpaired) electrons. The van der Waals surface area contributed by atoms with Crippen LogP contribution < -0.4 is 10.1 Å². The summed E-state index contributed by atoms with van der Waals surface area (Å²) in [6.45, 7) is 4.63. The van der Waals surface area contributed by atoms with Crippen molar-refractivity contribution < 1.29 is 19.1 Å². The molecule has 1 aromatic carbocycles. The van der Waals surface area contributed by atoms with E-state index in [0.717, 1.165) is 37.0 Å². The molecule has 1 N–H and O–H groups in total. The summed E-state index contributed by atoms with van der Waals surface area (Å²) < 4.78 is 5.42. The Bertz CT molecular complexity index is 677. The maximum Gasteiger partial charge on any atom is 0.233 e. The highest BCUT2D eigenvalue weighted by molar-refractivity contribution is 6.05. The molecule has 3 atom stereocenters. The van der Waals surface area contributed by atoms with Gasteiger partial charge in [0.1, 0.15) is 5.75 Å². The van der Waals surface area contributed by atoms with Crippen LogP contribution in [0.3, 0.4) is 0 Å². The second-order valence-corrected chi connectivity index (χ2v) is 7.37. The van der Waals surface area contributed by atoms with Gasteiger partial charge in [-0.25, -0.2) is 0 Å². The van der Waals surface area contributed by atoms with Gasteiger partial charge < -0.3 is 10.1 Å². The van der Waals surface area contributed by atoms with Crippen LogP contribution in [0.15, 0.2) is 24.3 Å². The van der Waals surface area contributed by atoms with Crippen LogP contribution in [0.5, 0.6) is 5.75 Å². The third-order valence-corrected chi connectivity index (χ3v) is 5.56. The lowest BCUT2D eigenvalue weighted by atomic mass is 9.81. The Morgan fingerprint density at radius 2 is 1.74 bits per heavy atom. The molecule has 1 aromatic rings. The minimum atomic E-state index is -0.160. The Balaban J connectivity index is 1.50. The van der Waals surface area contributed by atoms with Gasteiger partial charge in [-0.2, -0.15) is 0 Å². The Morgan fingerprint density at radius 1 is 1.15 bits per heavy atom. The summed E-state index contributed by atoms with van der Waals surface area (Å²) in [5, 5.41) is 2.93. The summed E-state index contributed by atoms with van der Waals surface area (Å²) in [4.78, 5) is 38.5. The number of carbonyl (C=O) groups is 3. The molecular weight excluding hydrogens is 344 g/mol. The number of ether oxygens (including phenoxy) is 1. The van der Waals surface area contributed by atoms with Gasteiger partial charge in [0.05, 0.1) is 24.5 Å². The second kappa shape index (κ2) is 8.55. The molecule has 27 heavy (non-hydrogen) atoms. The summed E-state index contributed by atoms with van der Waals surface area (Å²) in [5.41, 5.74) is 0.978. The van der Waals surface area contributed by atoms with Crippen molar-refractivity contribution in [3.8, 4) is 5.75 Å². The molecule has 3 unspecified atom stereocenters. The van der Waals surface area contributed by atoms with Crippen molar-refractivity contribution in [2.45, 2.75) is 52.0 Å². The summed E-state index contributed by atoms with van der Waals surface area (Å²) in [6.07, 6.45) is 3.75. The average molecular weight is 372 g/mol. The Kier molecular flexibility index (Phi) is 6.14. The molecule has 6 nitrogen and oxygen atoms in total. The van der Waals surface area contributed by atoms with E-state index in [2.05, 4.69) is 5.32 Å². The van der Waals surface area contributed by atoms with E-state index in [1.807, 2.05) is 38.1 Å². The first kappa shape index (κ1) is 19.4. The average Bonchev–Trinajstić information content (AvgIpc) is 2.92. The molecule has 146 valence electrons. The van der Waals surface area contributed by atoms with Gasteiger partial charge in [-0.15, -0.1) is 0 Å². The number of nitrogens with one attached hydrogen (secondary N) is 1. The Hall–Kier alpha value is -2.37. The quantitative estimate of drug-likeness (QED) is 0.747. The van der Waals surface area contributed by atoms with Crippen molar-refractivity contribution in [1.82, 2.24) is 10.2 Å². The predicted molar refractivity (Wildman–Crippen MR) is 101 cm³/mol. The van der Waals surface area contributed by atoms with Crippen LogP contribution in [0.4, 0.5) is 0 Å². The van der Waals surface area contributed by atoms with Gasteiger partial charge >= 0.3 is 0 Å². The smallest absolute Gasteiger partial charge is 0.233 e. The highest BCUT2D eigenvalue weighted by Gasteiger charge is 2.47. The van der Waals surface area contributed by atoms with Crippen LogP contribution in [0.2, 0.25) is 0 Å². The van der Waals surface area contributed by atoms with Gasteiger partial charge in [0, 0.05) is 13.0 Å². The van der Waals surface area contributed by atoms with Crippen LogP contribution in [0.25, 0.3) is 0 Å². The van der Waals surface area contributed by atoms with Crippen LogP contribution in [-0.2, 0) is 14.4 Å². The van der Waals surface area contributed by atoms with E-state index in [1.54, 1.807) is 0 Å². The van der Waals surface area contributed by atoms with Crippen molar-refractivity contribution in [2.24, 2.45) is 11.8 Å². The van der Waals surface area contributed by atoms with Gasteiger partial charge in [0.15, 0.2) is 0 Å². The maximum atomic E-state index is 12.5. The molecule has 0 spiro atoms. The number of likely N-dealkylation sites (tertiary alicyclic amines) is 1. The fraction of sp³-hybridized carbons (Fsp3) is 0.571. The van der Waals surface area contributed by atoms with E-state index in [1.165, 1.54) is 4.90 Å². The summed E-state index contributed by atoms with van der Waals surface area (Å²) in [6, 6.07) is 7.46. The molecule has 2 aliphatic rings. The van der Waals surface area contributed by atoms with Crippen LogP contribution in [0.1, 0.15) is 57.6 Å². The minimum Gasteiger partial charge on any atom is -0.494 e. The normalized spacial score (nSPS) is 23.1. The highest BCUT2D eigenvalue weighted by atomic mass is 16.5. The van der Waals surface area contributed by atoms with Crippen molar-refractivity contribution in [1.29, 1.82) is 0 Å². The van der Waals surface area contributed by atoms with Crippen molar-refractivity contribution in [2.75, 3.05) is 13.2 Å². The van der Waals surface area contributed by atoms with Crippen LogP contribution in [0, 0.1) is 11.8 Å². The number of fused-ring (bicyclic) bond motifs is 1. The standard InChI is InChI=1S/C21H28N2O4/c1-3-27-16-10-8-15(9-11-16)14(2)22-19(24)12-13-23-20(25)17-6-4-5-7-18(17)21(23)26/h8-11,14,17-18H,3-7,12-13H2,1-2H3,(H,22,24). The SMILES string of the molecule is CCOc1ccc(C(C)NC(=O)CCN2C(=O)C3CCCCC3C2=O)cc1. The number of carbonyl (C=O) groups excluding carboxylic acids is 3. The first-order chi connectivity index (χ1) is 13.0. The monoisotopic (exact) mass is 372 g/mol. The largest absolute Gasteiger partial charge is 0.494 e. The first-order valence-electron chi connectivity index (χ1n) is 9.88. The van der Waals surface area contributed by atoms with Gasteiger partial charge in [0.2, 0.25) is 17.7 Å². The molecule has 1 aliphatic carbocycles. The van der Waals surface area contributed by atoms with Crippen molar-refractivity contribution >= 4 is 17.7 Å². The van der Waals surface area contributed by atoms with Gasteiger partial charge in [-0.05, 0) is 44.4 Å². The molecule has 1 aliphatic heterocycles. The summed E-state index contributed by atoms with van der Waals surface area (Å²) in [5.74, 6) is 0.155. The van der Waals surface area contributed by atoms with Crippen LogP contribution >= 0.6 is 0 Å². The lowest BCUT2D eigenvalue weighted by molar-refractivity contribution is -0.140. The fourth-order valence-corrected chi connectivity index (χ4v) is 4.08. The van der Waals surface area contributed by atoms with Crippen molar-refractivity contribution in [3.05, 3.63) is 29.8 Å². The number of hydrogen-bond donors (Lipinski definition) is 1. The Morgan fingerprint density at radius 3 is 2.30 bits per heavy atom. The number of benzene rings is 1. The number of amides is 3.